The van der Waals surface area contributed by atoms with Crippen LogP contribution in [-0.4, -0.2) is 18.5 Å². The lowest BCUT2D eigenvalue weighted by atomic mass is 9.94. The number of carbonyl (C=O) groups is 1. The van der Waals surface area contributed by atoms with Gasteiger partial charge in [-0.3, -0.25) is 4.79 Å². The molecule has 4 heteroatoms. The lowest BCUT2D eigenvalue weighted by Crippen LogP contribution is -2.42. The molecule has 0 saturated heterocycles. The standard InChI is InChI=1S/C15H21BrN2O/c1-15(2,11-3-5-12(16)6-4-11)18-14(19)9-10-17-13-7-8-13/h3-6,13,17H,7-10H2,1-2H3,(H,18,19). The third kappa shape index (κ3) is 4.62. The molecular weight excluding hydrogens is 304 g/mol. The first-order valence-electron chi connectivity index (χ1n) is 6.78. The van der Waals surface area contributed by atoms with Crippen molar-refractivity contribution in [3.8, 4) is 0 Å². The van der Waals surface area contributed by atoms with Crippen molar-refractivity contribution in [3.05, 3.63) is 34.3 Å². The largest absolute Gasteiger partial charge is 0.347 e. The minimum atomic E-state index is -0.336. The number of hydrogen-bond donors (Lipinski definition) is 2. The predicted octanol–water partition coefficient (Wildman–Crippen LogP) is 2.94. The average molecular weight is 325 g/mol. The van der Waals surface area contributed by atoms with Crippen LogP contribution in [-0.2, 0) is 10.3 Å². The Kier molecular flexibility index (Phi) is 4.63. The average Bonchev–Trinajstić information content (AvgIpc) is 3.13. The molecule has 1 amide bonds. The summed E-state index contributed by atoms with van der Waals surface area (Å²) < 4.78 is 1.05. The van der Waals surface area contributed by atoms with Crippen molar-refractivity contribution in [2.75, 3.05) is 6.54 Å². The van der Waals surface area contributed by atoms with E-state index in [1.54, 1.807) is 0 Å². The van der Waals surface area contributed by atoms with Crippen LogP contribution in [0.1, 0.15) is 38.7 Å². The first-order valence-corrected chi connectivity index (χ1v) is 7.57. The maximum Gasteiger partial charge on any atom is 0.221 e. The summed E-state index contributed by atoms with van der Waals surface area (Å²) in [6.45, 7) is 4.83. The van der Waals surface area contributed by atoms with E-state index in [2.05, 4.69) is 26.6 Å². The van der Waals surface area contributed by atoms with Crippen LogP contribution in [0.5, 0.6) is 0 Å². The van der Waals surface area contributed by atoms with Crippen molar-refractivity contribution in [2.24, 2.45) is 0 Å². The molecule has 2 rings (SSSR count). The minimum absolute atomic E-state index is 0.0982. The highest BCUT2D eigenvalue weighted by Gasteiger charge is 2.23. The zero-order valence-electron chi connectivity index (χ0n) is 11.5. The Morgan fingerprint density at radius 2 is 1.95 bits per heavy atom. The molecule has 0 spiro atoms. The first kappa shape index (κ1) is 14.5. The smallest absolute Gasteiger partial charge is 0.221 e. The second-order valence-corrected chi connectivity index (χ2v) is 6.57. The van der Waals surface area contributed by atoms with Crippen molar-refractivity contribution < 1.29 is 4.79 Å². The summed E-state index contributed by atoms with van der Waals surface area (Å²) in [5.41, 5.74) is 0.774. The molecule has 1 saturated carbocycles. The van der Waals surface area contributed by atoms with Crippen LogP contribution >= 0.6 is 15.9 Å². The monoisotopic (exact) mass is 324 g/mol. The zero-order valence-corrected chi connectivity index (χ0v) is 13.1. The zero-order chi connectivity index (χ0) is 13.9. The van der Waals surface area contributed by atoms with Gasteiger partial charge in [-0.05, 0) is 44.4 Å². The van der Waals surface area contributed by atoms with Gasteiger partial charge >= 0.3 is 0 Å². The fourth-order valence-electron chi connectivity index (χ4n) is 2.03. The lowest BCUT2D eigenvalue weighted by Gasteiger charge is -2.27. The lowest BCUT2D eigenvalue weighted by molar-refractivity contribution is -0.122. The van der Waals surface area contributed by atoms with Gasteiger partial charge in [-0.2, -0.15) is 0 Å². The van der Waals surface area contributed by atoms with Crippen molar-refractivity contribution in [1.29, 1.82) is 0 Å². The van der Waals surface area contributed by atoms with Crippen molar-refractivity contribution in [3.63, 3.8) is 0 Å². The Balaban J connectivity index is 1.84. The van der Waals surface area contributed by atoms with Gasteiger partial charge in [-0.1, -0.05) is 28.1 Å². The van der Waals surface area contributed by atoms with E-state index in [4.69, 9.17) is 0 Å². The van der Waals surface area contributed by atoms with E-state index >= 15 is 0 Å². The summed E-state index contributed by atoms with van der Waals surface area (Å²) in [6, 6.07) is 8.72. The van der Waals surface area contributed by atoms with Crippen LogP contribution in [0.4, 0.5) is 0 Å². The highest BCUT2D eigenvalue weighted by molar-refractivity contribution is 9.10. The van der Waals surface area contributed by atoms with E-state index < -0.39 is 0 Å². The van der Waals surface area contributed by atoms with Crippen LogP contribution in [0.3, 0.4) is 0 Å². The molecular formula is C15H21BrN2O. The fourth-order valence-corrected chi connectivity index (χ4v) is 2.29. The number of benzene rings is 1. The molecule has 0 aromatic heterocycles. The van der Waals surface area contributed by atoms with Crippen LogP contribution in [0.15, 0.2) is 28.7 Å². The van der Waals surface area contributed by atoms with Crippen LogP contribution < -0.4 is 10.6 Å². The Labute approximate surface area is 123 Å². The highest BCUT2D eigenvalue weighted by atomic mass is 79.9. The number of amides is 1. The van der Waals surface area contributed by atoms with E-state index in [0.29, 0.717) is 12.5 Å². The van der Waals surface area contributed by atoms with Gasteiger partial charge in [0, 0.05) is 23.5 Å². The van der Waals surface area contributed by atoms with Gasteiger partial charge in [0.05, 0.1) is 5.54 Å². The van der Waals surface area contributed by atoms with Gasteiger partial charge in [0.2, 0.25) is 5.91 Å². The molecule has 0 atom stereocenters. The van der Waals surface area contributed by atoms with Gasteiger partial charge in [-0.15, -0.1) is 0 Å². The SMILES string of the molecule is CC(C)(NC(=O)CCNC1CC1)c1ccc(Br)cc1. The third-order valence-electron chi connectivity index (χ3n) is 3.38. The van der Waals surface area contributed by atoms with E-state index in [9.17, 15) is 4.79 Å². The third-order valence-corrected chi connectivity index (χ3v) is 3.91. The molecule has 0 bridgehead atoms. The summed E-state index contributed by atoms with van der Waals surface area (Å²) in [4.78, 5) is 11.9. The number of nitrogens with one attached hydrogen (secondary N) is 2. The van der Waals surface area contributed by atoms with E-state index in [-0.39, 0.29) is 11.4 Å². The topological polar surface area (TPSA) is 41.1 Å². The normalized spacial score (nSPS) is 15.3. The van der Waals surface area contributed by atoms with Gasteiger partial charge in [0.25, 0.3) is 0 Å². The Morgan fingerprint density at radius 3 is 2.53 bits per heavy atom. The molecule has 3 nitrogen and oxygen atoms in total. The summed E-state index contributed by atoms with van der Waals surface area (Å²) in [5, 5.41) is 6.45. The molecule has 1 aliphatic rings. The molecule has 0 heterocycles. The second kappa shape index (κ2) is 6.06. The maximum absolute atomic E-state index is 11.9. The Bertz CT molecular complexity index is 438. The van der Waals surface area contributed by atoms with Gasteiger partial charge < -0.3 is 10.6 Å². The molecule has 19 heavy (non-hydrogen) atoms. The Hall–Kier alpha value is -0.870. The number of halogens is 1. The molecule has 104 valence electrons. The molecule has 1 aromatic carbocycles. The van der Waals surface area contributed by atoms with Crippen LogP contribution in [0.2, 0.25) is 0 Å². The summed E-state index contributed by atoms with van der Waals surface area (Å²) in [7, 11) is 0. The van der Waals surface area contributed by atoms with E-state index in [1.807, 2.05) is 38.1 Å². The summed E-state index contributed by atoms with van der Waals surface area (Å²) in [5.74, 6) is 0.0982. The molecule has 0 aliphatic heterocycles. The van der Waals surface area contributed by atoms with Gasteiger partial charge in [0.15, 0.2) is 0 Å². The quantitative estimate of drug-likeness (QED) is 0.844. The molecule has 2 N–H and O–H groups in total. The second-order valence-electron chi connectivity index (χ2n) is 5.66. The number of hydrogen-bond acceptors (Lipinski definition) is 2. The summed E-state index contributed by atoms with van der Waals surface area (Å²) >= 11 is 3.42. The van der Waals surface area contributed by atoms with Crippen LogP contribution in [0, 0.1) is 0 Å². The molecule has 0 unspecified atom stereocenters. The number of carbonyl (C=O) groups excluding carboxylic acids is 1. The molecule has 0 radical (unpaired) electrons. The number of rotatable bonds is 6. The van der Waals surface area contributed by atoms with E-state index in [1.165, 1.54) is 12.8 Å². The van der Waals surface area contributed by atoms with Crippen LogP contribution in [0.25, 0.3) is 0 Å². The van der Waals surface area contributed by atoms with Gasteiger partial charge in [-0.25, -0.2) is 0 Å². The van der Waals surface area contributed by atoms with Crippen molar-refractivity contribution >= 4 is 21.8 Å². The highest BCUT2D eigenvalue weighted by Crippen LogP contribution is 2.22. The summed E-state index contributed by atoms with van der Waals surface area (Å²) in [6.07, 6.45) is 3.05. The minimum Gasteiger partial charge on any atom is -0.347 e. The molecule has 1 aliphatic carbocycles. The molecule has 1 fully saturated rings. The van der Waals surface area contributed by atoms with Gasteiger partial charge in [0.1, 0.15) is 0 Å². The first-order chi connectivity index (χ1) is 8.97. The van der Waals surface area contributed by atoms with Crippen molar-refractivity contribution in [1.82, 2.24) is 10.6 Å². The maximum atomic E-state index is 11.9. The molecule has 1 aromatic rings. The van der Waals surface area contributed by atoms with Crippen molar-refractivity contribution in [2.45, 2.75) is 44.7 Å². The predicted molar refractivity (Wildman–Crippen MR) is 81.0 cm³/mol. The fraction of sp³-hybridized carbons (Fsp3) is 0.533. The van der Waals surface area contributed by atoms with E-state index in [0.717, 1.165) is 16.6 Å². The Morgan fingerprint density at radius 1 is 1.32 bits per heavy atom.